The van der Waals surface area contributed by atoms with Crippen LogP contribution in [-0.4, -0.2) is 45.2 Å². The molecule has 11 heteroatoms. The molecule has 6 rings (SSSR count). The van der Waals surface area contributed by atoms with Crippen molar-refractivity contribution in [3.8, 4) is 0 Å². The third-order valence-electron chi connectivity index (χ3n) is 8.02. The topological polar surface area (TPSA) is 119 Å². The fraction of sp³-hybridized carbons (Fsp3) is 0.135. The Morgan fingerprint density at radius 3 is 1.94 bits per heavy atom. The molecular formula is C37H31N2O7PS. The number of benzene rings is 4. The smallest absolute Gasteiger partial charge is 0.359 e. The average molecular weight is 679 g/mol. The average Bonchev–Trinajstić information content (AvgIpc) is 3.42. The van der Waals surface area contributed by atoms with Crippen molar-refractivity contribution >= 4 is 68.8 Å². The Hall–Kier alpha value is -5.18. The monoisotopic (exact) mass is 678 g/mol. The van der Waals surface area contributed by atoms with Gasteiger partial charge in [-0.05, 0) is 27.4 Å². The highest BCUT2D eigenvalue weighted by Gasteiger charge is 2.48. The lowest BCUT2D eigenvalue weighted by molar-refractivity contribution is -0.162. The molecule has 2 atom stereocenters. The maximum atomic E-state index is 14.9. The van der Waals surface area contributed by atoms with Crippen molar-refractivity contribution in [2.24, 2.45) is 0 Å². The van der Waals surface area contributed by atoms with E-state index in [4.69, 9.17) is 9.47 Å². The summed E-state index contributed by atoms with van der Waals surface area (Å²) >= 11 is 0.889. The standard InChI is InChI=1S/C37H31N2O7PS/c1-25(40)38-21-22-48-33(42)24-26-23-32(41)39(26)34(36(44)46-37-31-20-12-11-19-30(31)35(43)45-37)47(27-13-5-2-6-14-27,28-15-7-3-8-16-28)29-17-9-4-10-18-29/h2-22,26,37H,23-24H2,1H3,(H,38,40)/b22-21+. The number of fused-ring (bicyclic) bond motifs is 1. The van der Waals surface area contributed by atoms with E-state index < -0.39 is 31.2 Å². The van der Waals surface area contributed by atoms with Gasteiger partial charge in [0.1, 0.15) is 5.42 Å². The summed E-state index contributed by atoms with van der Waals surface area (Å²) in [4.78, 5) is 67.2. The van der Waals surface area contributed by atoms with E-state index in [9.17, 15) is 24.0 Å². The van der Waals surface area contributed by atoms with Crippen LogP contribution >= 0.6 is 18.6 Å². The normalized spacial score (nSPS) is 16.9. The zero-order valence-corrected chi connectivity index (χ0v) is 27.6. The molecule has 0 bridgehead atoms. The van der Waals surface area contributed by atoms with E-state index in [1.54, 1.807) is 24.3 Å². The Bertz CT molecular complexity index is 1860. The molecule has 9 nitrogen and oxygen atoms in total. The van der Waals surface area contributed by atoms with Gasteiger partial charge in [0, 0.05) is 38.4 Å². The number of β-lactam (4-membered cyclic amide) rings is 1. The second-order valence-electron chi connectivity index (χ2n) is 11.0. The van der Waals surface area contributed by atoms with Gasteiger partial charge in [0.05, 0.1) is 11.6 Å². The molecule has 48 heavy (non-hydrogen) atoms. The van der Waals surface area contributed by atoms with Crippen molar-refractivity contribution in [3.63, 3.8) is 0 Å². The van der Waals surface area contributed by atoms with Crippen LogP contribution in [0.4, 0.5) is 0 Å². The summed E-state index contributed by atoms with van der Waals surface area (Å²) in [5.41, 5.74) is 0.779. The molecule has 0 radical (unpaired) electrons. The minimum absolute atomic E-state index is 0.0398. The molecule has 1 N–H and O–H groups in total. The van der Waals surface area contributed by atoms with E-state index in [2.05, 4.69) is 5.32 Å². The van der Waals surface area contributed by atoms with Gasteiger partial charge in [-0.25, -0.2) is 9.59 Å². The number of nitrogens with one attached hydrogen (secondary N) is 1. The SMILES string of the molecule is CC(=O)N/C=C/SC(=O)CC1CC(=O)N1C(C(=O)OC1OC(=O)c2ccccc21)=P(c1ccccc1)(c1ccccc1)c1ccccc1. The van der Waals surface area contributed by atoms with Crippen LogP contribution in [-0.2, 0) is 28.7 Å². The lowest BCUT2D eigenvalue weighted by Gasteiger charge is -2.45. The third-order valence-corrected chi connectivity index (χ3v) is 13.0. The maximum absolute atomic E-state index is 14.9. The first-order valence-corrected chi connectivity index (χ1v) is 17.9. The number of likely N-dealkylation sites (tertiary alicyclic amines) is 1. The molecule has 0 aromatic heterocycles. The van der Waals surface area contributed by atoms with Gasteiger partial charge in [-0.1, -0.05) is 121 Å². The molecule has 1 fully saturated rings. The number of hydrogen-bond acceptors (Lipinski definition) is 8. The van der Waals surface area contributed by atoms with Gasteiger partial charge in [-0.15, -0.1) is 0 Å². The van der Waals surface area contributed by atoms with Crippen LogP contribution in [0.25, 0.3) is 0 Å². The van der Waals surface area contributed by atoms with Crippen LogP contribution in [0.5, 0.6) is 0 Å². The molecule has 242 valence electrons. The van der Waals surface area contributed by atoms with E-state index in [0.29, 0.717) is 11.1 Å². The summed E-state index contributed by atoms with van der Waals surface area (Å²) in [5, 5.41) is 6.07. The second-order valence-corrected chi connectivity index (χ2v) is 15.3. The number of cyclic esters (lactones) is 1. The quantitative estimate of drug-likeness (QED) is 0.149. The molecule has 1 saturated heterocycles. The van der Waals surface area contributed by atoms with Crippen LogP contribution in [0.1, 0.15) is 42.0 Å². The Labute approximate surface area is 281 Å². The molecule has 4 aromatic carbocycles. The first kappa shape index (κ1) is 32.7. The number of amides is 2. The molecule has 2 aliphatic heterocycles. The molecule has 2 aliphatic rings. The highest BCUT2D eigenvalue weighted by atomic mass is 32.2. The zero-order chi connectivity index (χ0) is 33.7. The van der Waals surface area contributed by atoms with Crippen molar-refractivity contribution in [2.75, 3.05) is 0 Å². The van der Waals surface area contributed by atoms with E-state index >= 15 is 0 Å². The largest absolute Gasteiger partial charge is 0.417 e. The molecule has 2 amide bonds. The molecule has 0 spiro atoms. The summed E-state index contributed by atoms with van der Waals surface area (Å²) in [6.45, 7) is -1.87. The number of thioether (sulfide) groups is 1. The number of carbonyl (C=O) groups excluding carboxylic acids is 5. The van der Waals surface area contributed by atoms with Crippen molar-refractivity contribution in [1.29, 1.82) is 0 Å². The highest BCUT2D eigenvalue weighted by Crippen LogP contribution is 2.49. The summed E-state index contributed by atoms with van der Waals surface area (Å²) < 4.78 is 11.6. The van der Waals surface area contributed by atoms with Gasteiger partial charge in [0.25, 0.3) is 6.29 Å². The first-order chi connectivity index (χ1) is 23.3. The summed E-state index contributed by atoms with van der Waals surface area (Å²) in [6.07, 6.45) is 0.0300. The molecule has 0 saturated carbocycles. The number of nitrogens with zero attached hydrogens (tertiary/aromatic N) is 1. The van der Waals surface area contributed by atoms with Crippen LogP contribution in [0.15, 0.2) is 127 Å². The van der Waals surface area contributed by atoms with Crippen LogP contribution < -0.4 is 21.2 Å². The Kier molecular flexibility index (Phi) is 9.75. The first-order valence-electron chi connectivity index (χ1n) is 15.2. The summed E-state index contributed by atoms with van der Waals surface area (Å²) in [7, 11) is 0. The molecule has 2 unspecified atom stereocenters. The van der Waals surface area contributed by atoms with Crippen molar-refractivity contribution in [1.82, 2.24) is 10.2 Å². The Morgan fingerprint density at radius 2 is 1.40 bits per heavy atom. The predicted molar refractivity (Wildman–Crippen MR) is 186 cm³/mol. The third kappa shape index (κ3) is 6.37. The van der Waals surface area contributed by atoms with Crippen molar-refractivity contribution in [3.05, 3.63) is 138 Å². The van der Waals surface area contributed by atoms with E-state index in [0.717, 1.165) is 27.7 Å². The van der Waals surface area contributed by atoms with Crippen LogP contribution in [0.2, 0.25) is 0 Å². The van der Waals surface area contributed by atoms with Gasteiger partial charge in [-0.3, -0.25) is 14.4 Å². The minimum Gasteiger partial charge on any atom is -0.417 e. The maximum Gasteiger partial charge on any atom is 0.359 e. The lowest BCUT2D eigenvalue weighted by atomic mass is 9.99. The predicted octanol–water partition coefficient (Wildman–Crippen LogP) is 4.38. The van der Waals surface area contributed by atoms with E-state index in [-0.39, 0.29) is 35.2 Å². The molecule has 4 aromatic rings. The summed E-state index contributed by atoms with van der Waals surface area (Å²) in [5.74, 6) is -2.06. The van der Waals surface area contributed by atoms with Gasteiger partial charge in [0.2, 0.25) is 11.8 Å². The molecule has 0 aliphatic carbocycles. The van der Waals surface area contributed by atoms with Gasteiger partial charge in [0.15, 0.2) is 5.12 Å². The minimum atomic E-state index is -3.23. The lowest BCUT2D eigenvalue weighted by Crippen LogP contribution is -2.60. The van der Waals surface area contributed by atoms with E-state index in [1.807, 2.05) is 91.0 Å². The fourth-order valence-corrected chi connectivity index (χ4v) is 10.9. The number of rotatable bonds is 10. The van der Waals surface area contributed by atoms with Gasteiger partial charge >= 0.3 is 11.9 Å². The second kappa shape index (κ2) is 14.3. The van der Waals surface area contributed by atoms with Crippen molar-refractivity contribution in [2.45, 2.75) is 32.1 Å². The number of carbonyl (C=O) groups is 5. The van der Waals surface area contributed by atoms with Gasteiger partial charge < -0.3 is 19.7 Å². The Balaban J connectivity index is 1.56. The molecule has 2 heterocycles. The van der Waals surface area contributed by atoms with Crippen LogP contribution in [0.3, 0.4) is 0 Å². The van der Waals surface area contributed by atoms with Crippen LogP contribution in [0, 0.1) is 0 Å². The number of esters is 2. The number of hydrogen-bond donors (Lipinski definition) is 1. The zero-order valence-electron chi connectivity index (χ0n) is 25.9. The fourth-order valence-electron chi connectivity index (χ4n) is 5.95. The summed E-state index contributed by atoms with van der Waals surface area (Å²) in [6, 6.07) is 34.5. The molecular weight excluding hydrogens is 647 g/mol. The van der Waals surface area contributed by atoms with Gasteiger partial charge in [-0.2, -0.15) is 0 Å². The highest BCUT2D eigenvalue weighted by molar-refractivity contribution is 8.16. The van der Waals surface area contributed by atoms with Crippen molar-refractivity contribution < 1.29 is 33.4 Å². The van der Waals surface area contributed by atoms with E-state index in [1.165, 1.54) is 23.4 Å². The Morgan fingerprint density at radius 1 is 0.854 bits per heavy atom. The number of ether oxygens (including phenoxy) is 2.